The fourth-order valence-corrected chi connectivity index (χ4v) is 2.01. The van der Waals surface area contributed by atoms with Gasteiger partial charge in [0.2, 0.25) is 0 Å². The van der Waals surface area contributed by atoms with Crippen molar-refractivity contribution in [2.75, 3.05) is 11.9 Å². The Kier molecular flexibility index (Phi) is 2.41. The van der Waals surface area contributed by atoms with E-state index in [0.717, 1.165) is 37.3 Å². The minimum Gasteiger partial charge on any atom is -0.485 e. The fourth-order valence-electron chi connectivity index (χ4n) is 1.88. The van der Waals surface area contributed by atoms with Gasteiger partial charge < -0.3 is 10.4 Å². The molecule has 0 bridgehead atoms. The van der Waals surface area contributed by atoms with Gasteiger partial charge in [-0.05, 0) is 38.4 Å². The Morgan fingerprint density at radius 1 is 1.64 bits per heavy atom. The molecule has 2 N–H and O–H groups in total. The van der Waals surface area contributed by atoms with Crippen molar-refractivity contribution in [3.63, 3.8) is 0 Å². The Bertz CT molecular complexity index is 372. The summed E-state index contributed by atoms with van der Waals surface area (Å²) in [5.41, 5.74) is 2.28. The highest BCUT2D eigenvalue weighted by Crippen LogP contribution is 2.28. The number of rotatable bonds is 2. The van der Waals surface area contributed by atoms with Crippen LogP contribution in [0.3, 0.4) is 0 Å². The monoisotopic (exact) mass is 211 g/mol. The predicted molar refractivity (Wildman–Crippen MR) is 59.0 cm³/mol. The average molecular weight is 211 g/mol. The number of fused-ring (bicyclic) bond motifs is 1. The number of aliphatic hydroxyl groups is 1. The van der Waals surface area contributed by atoms with Crippen molar-refractivity contribution >= 4 is 23.2 Å². The average Bonchev–Trinajstić information content (AvgIpc) is 2.67. The molecular formula is C9H13N3OS. The van der Waals surface area contributed by atoms with Crippen molar-refractivity contribution in [1.29, 1.82) is 0 Å². The second-order valence-electron chi connectivity index (χ2n) is 3.35. The van der Waals surface area contributed by atoms with E-state index < -0.39 is 0 Å². The van der Waals surface area contributed by atoms with E-state index in [0.29, 0.717) is 0 Å². The van der Waals surface area contributed by atoms with Gasteiger partial charge >= 0.3 is 0 Å². The Morgan fingerprint density at radius 3 is 3.07 bits per heavy atom. The van der Waals surface area contributed by atoms with Crippen LogP contribution < -0.4 is 5.32 Å². The first-order valence-electron chi connectivity index (χ1n) is 4.82. The highest BCUT2D eigenvalue weighted by Gasteiger charge is 2.22. The molecule has 4 nitrogen and oxygen atoms in total. The van der Waals surface area contributed by atoms with Gasteiger partial charge in [-0.15, -0.1) is 0 Å². The molecule has 1 aliphatic rings. The Morgan fingerprint density at radius 2 is 2.43 bits per heavy atom. The van der Waals surface area contributed by atoms with Crippen LogP contribution in [0.1, 0.15) is 24.6 Å². The van der Waals surface area contributed by atoms with E-state index in [1.807, 2.05) is 6.92 Å². The number of aromatic nitrogens is 2. The van der Waals surface area contributed by atoms with Gasteiger partial charge in [-0.1, -0.05) is 0 Å². The second kappa shape index (κ2) is 3.57. The molecule has 0 aromatic carbocycles. The summed E-state index contributed by atoms with van der Waals surface area (Å²) in [5.74, 6) is 0.868. The van der Waals surface area contributed by atoms with Crippen LogP contribution in [0.4, 0.5) is 5.82 Å². The summed E-state index contributed by atoms with van der Waals surface area (Å²) in [5, 5.41) is 16.6. The molecule has 1 heterocycles. The van der Waals surface area contributed by atoms with E-state index in [2.05, 4.69) is 10.4 Å². The first kappa shape index (κ1) is 9.45. The van der Waals surface area contributed by atoms with Crippen LogP contribution in [-0.2, 0) is 12.8 Å². The summed E-state index contributed by atoms with van der Waals surface area (Å²) in [7, 11) is 0. The molecule has 76 valence electrons. The topological polar surface area (TPSA) is 50.1 Å². The molecule has 1 aromatic rings. The van der Waals surface area contributed by atoms with E-state index in [9.17, 15) is 5.11 Å². The Balaban J connectivity index is 2.45. The Hall–Kier alpha value is -1.10. The number of nitrogens with one attached hydrogen (secondary N) is 1. The smallest absolute Gasteiger partial charge is 0.284 e. The fraction of sp³-hybridized carbons (Fsp3) is 0.556. The van der Waals surface area contributed by atoms with Crippen LogP contribution in [0.5, 0.6) is 0 Å². The second-order valence-corrected chi connectivity index (χ2v) is 3.72. The molecule has 0 unspecified atom stereocenters. The van der Waals surface area contributed by atoms with Crippen molar-refractivity contribution in [2.24, 2.45) is 0 Å². The summed E-state index contributed by atoms with van der Waals surface area (Å²) in [6.45, 7) is 2.82. The van der Waals surface area contributed by atoms with Crippen molar-refractivity contribution in [3.05, 3.63) is 11.3 Å². The number of hydrogen-bond donors (Lipinski definition) is 2. The summed E-state index contributed by atoms with van der Waals surface area (Å²) >= 11 is 4.72. The van der Waals surface area contributed by atoms with Gasteiger partial charge in [0.25, 0.3) is 5.17 Å². The molecule has 0 amide bonds. The van der Waals surface area contributed by atoms with Gasteiger partial charge in [0, 0.05) is 12.1 Å². The molecule has 1 aromatic heterocycles. The van der Waals surface area contributed by atoms with Crippen LogP contribution in [0.25, 0.3) is 0 Å². The molecule has 0 radical (unpaired) electrons. The number of aryl methyl sites for hydroxylation is 1. The minimum atomic E-state index is -0.185. The maximum absolute atomic E-state index is 9.28. The van der Waals surface area contributed by atoms with Crippen molar-refractivity contribution in [1.82, 2.24) is 9.78 Å². The minimum absolute atomic E-state index is 0.185. The zero-order valence-electron chi connectivity index (χ0n) is 8.08. The van der Waals surface area contributed by atoms with Gasteiger partial charge in [-0.3, -0.25) is 0 Å². The molecule has 1 aliphatic carbocycles. The van der Waals surface area contributed by atoms with Gasteiger partial charge in [0.05, 0.1) is 5.69 Å². The molecule has 0 fully saturated rings. The van der Waals surface area contributed by atoms with Crippen LogP contribution >= 0.6 is 12.2 Å². The summed E-state index contributed by atoms with van der Waals surface area (Å²) in [6, 6.07) is 0. The zero-order chi connectivity index (χ0) is 10.1. The van der Waals surface area contributed by atoms with Gasteiger partial charge in [0.15, 0.2) is 0 Å². The highest BCUT2D eigenvalue weighted by molar-refractivity contribution is 7.79. The summed E-state index contributed by atoms with van der Waals surface area (Å²) < 4.78 is 1.42. The lowest BCUT2D eigenvalue weighted by Gasteiger charge is -2.06. The third kappa shape index (κ3) is 1.37. The molecule has 0 aliphatic heterocycles. The SMILES string of the molecule is CCNc1c2c(nn1C(O)=S)CCC2. The maximum Gasteiger partial charge on any atom is 0.284 e. The van der Waals surface area contributed by atoms with E-state index in [-0.39, 0.29) is 5.17 Å². The molecular weight excluding hydrogens is 198 g/mol. The van der Waals surface area contributed by atoms with Gasteiger partial charge in [-0.2, -0.15) is 9.78 Å². The number of aliphatic hydroxyl groups excluding tert-OH is 1. The molecule has 0 atom stereocenters. The van der Waals surface area contributed by atoms with Gasteiger partial charge in [-0.25, -0.2) is 0 Å². The van der Waals surface area contributed by atoms with Crippen LogP contribution in [-0.4, -0.2) is 26.6 Å². The molecule has 2 rings (SSSR count). The first-order valence-corrected chi connectivity index (χ1v) is 5.22. The molecule has 14 heavy (non-hydrogen) atoms. The van der Waals surface area contributed by atoms with Crippen molar-refractivity contribution < 1.29 is 5.11 Å². The number of nitrogens with zero attached hydrogens (tertiary/aromatic N) is 2. The summed E-state index contributed by atoms with van der Waals surface area (Å²) in [6.07, 6.45) is 3.17. The van der Waals surface area contributed by atoms with Crippen LogP contribution in [0, 0.1) is 0 Å². The van der Waals surface area contributed by atoms with E-state index >= 15 is 0 Å². The number of anilines is 1. The number of hydrogen-bond acceptors (Lipinski definition) is 3. The molecule has 0 spiro atoms. The lowest BCUT2D eigenvalue weighted by atomic mass is 10.2. The third-order valence-corrected chi connectivity index (χ3v) is 2.61. The van der Waals surface area contributed by atoms with Crippen molar-refractivity contribution in [3.8, 4) is 0 Å². The van der Waals surface area contributed by atoms with E-state index in [4.69, 9.17) is 12.2 Å². The van der Waals surface area contributed by atoms with Crippen molar-refractivity contribution in [2.45, 2.75) is 26.2 Å². The molecule has 0 saturated carbocycles. The third-order valence-electron chi connectivity index (χ3n) is 2.43. The predicted octanol–water partition coefficient (Wildman–Crippen LogP) is 1.49. The highest BCUT2D eigenvalue weighted by atomic mass is 32.1. The molecule has 0 saturated heterocycles. The van der Waals surface area contributed by atoms with Gasteiger partial charge in [0.1, 0.15) is 5.82 Å². The van der Waals surface area contributed by atoms with E-state index in [1.54, 1.807) is 0 Å². The standard InChI is InChI=1S/C9H13N3OS/c1-2-10-8-6-4-3-5-7(6)11-12(8)9(13)14/h10H,2-5H2,1H3,(H,13,14). The normalized spacial score (nSPS) is 14.1. The first-order chi connectivity index (χ1) is 6.74. The van der Waals surface area contributed by atoms with E-state index in [1.165, 1.54) is 10.2 Å². The van der Waals surface area contributed by atoms with Crippen LogP contribution in [0.15, 0.2) is 0 Å². The zero-order valence-corrected chi connectivity index (χ0v) is 8.89. The lowest BCUT2D eigenvalue weighted by molar-refractivity contribution is 0.527. The largest absolute Gasteiger partial charge is 0.485 e. The maximum atomic E-state index is 9.28. The van der Waals surface area contributed by atoms with Crippen LogP contribution in [0.2, 0.25) is 0 Å². The Labute approximate surface area is 87.9 Å². The quantitative estimate of drug-likeness (QED) is 0.728. The molecule has 5 heteroatoms. The lowest BCUT2D eigenvalue weighted by Crippen LogP contribution is -2.15. The summed E-state index contributed by atoms with van der Waals surface area (Å²) in [4.78, 5) is 0. The number of thiocarbonyl (C=S) groups is 1.